The number of hydrogen-bond acceptors (Lipinski definition) is 6. The van der Waals surface area contributed by atoms with E-state index in [2.05, 4.69) is 17.0 Å². The van der Waals surface area contributed by atoms with Crippen LogP contribution >= 0.6 is 0 Å². The minimum Gasteiger partial charge on any atom is -0.480 e. The van der Waals surface area contributed by atoms with Gasteiger partial charge in [-0.2, -0.15) is 5.10 Å². The summed E-state index contributed by atoms with van der Waals surface area (Å²) in [5, 5.41) is 26.3. The van der Waals surface area contributed by atoms with Gasteiger partial charge in [-0.1, -0.05) is 6.08 Å². The fourth-order valence-electron chi connectivity index (χ4n) is 2.09. The molecule has 10 heteroatoms. The van der Waals surface area contributed by atoms with E-state index in [0.29, 0.717) is 5.69 Å². The van der Waals surface area contributed by atoms with Crippen molar-refractivity contribution in [2.45, 2.75) is 32.9 Å². The number of amides is 1. The third-order valence-corrected chi connectivity index (χ3v) is 3.23. The van der Waals surface area contributed by atoms with Crippen LogP contribution in [0.3, 0.4) is 0 Å². The Hall–Kier alpha value is -2.75. The molecule has 0 saturated carbocycles. The topological polar surface area (TPSA) is 137 Å². The summed E-state index contributed by atoms with van der Waals surface area (Å²) in [6.07, 6.45) is 1.40. The Kier molecular flexibility index (Phi) is 7.05. The Morgan fingerprint density at radius 3 is 2.71 bits per heavy atom. The first-order valence-electron chi connectivity index (χ1n) is 7.17. The lowest BCUT2D eigenvalue weighted by Gasteiger charge is -2.14. The average molecular weight is 340 g/mol. The molecule has 0 saturated heterocycles. The standard InChI is InChI=1S/C14H20N4O6/c1-4-7-24-8-11(14(20)21)15-12(19)5-6-17-10(3)13(18(22)23)9(2)16-17/h4,11H,1,5-8H2,2-3H3,(H,15,19)(H,20,21). The Labute approximate surface area is 138 Å². The number of hydrogen-bond donors (Lipinski definition) is 2. The first kappa shape index (κ1) is 19.3. The van der Waals surface area contributed by atoms with Gasteiger partial charge in [0.05, 0.1) is 24.7 Å². The molecule has 132 valence electrons. The summed E-state index contributed by atoms with van der Waals surface area (Å²) in [5.41, 5.74) is 0.519. The Morgan fingerprint density at radius 1 is 1.54 bits per heavy atom. The van der Waals surface area contributed by atoms with Gasteiger partial charge in [-0.15, -0.1) is 6.58 Å². The number of carbonyl (C=O) groups excluding carboxylic acids is 1. The van der Waals surface area contributed by atoms with Crippen LogP contribution in [0, 0.1) is 24.0 Å². The van der Waals surface area contributed by atoms with Crippen molar-refractivity contribution in [1.29, 1.82) is 0 Å². The number of nitrogens with zero attached hydrogens (tertiary/aromatic N) is 3. The summed E-state index contributed by atoms with van der Waals surface area (Å²) in [7, 11) is 0. The molecule has 0 aliphatic carbocycles. The third-order valence-electron chi connectivity index (χ3n) is 3.23. The number of nitrogens with one attached hydrogen (secondary N) is 1. The molecule has 0 radical (unpaired) electrons. The monoisotopic (exact) mass is 340 g/mol. The largest absolute Gasteiger partial charge is 0.480 e. The average Bonchev–Trinajstić information content (AvgIpc) is 2.78. The van der Waals surface area contributed by atoms with Crippen LogP contribution in [0.4, 0.5) is 5.69 Å². The van der Waals surface area contributed by atoms with E-state index in [1.54, 1.807) is 6.92 Å². The SMILES string of the molecule is C=CCOCC(NC(=O)CCn1nc(C)c([N+](=O)[O-])c1C)C(=O)O. The molecule has 10 nitrogen and oxygen atoms in total. The second kappa shape index (κ2) is 8.77. The maximum absolute atomic E-state index is 11.9. The predicted molar refractivity (Wildman–Crippen MR) is 83.6 cm³/mol. The summed E-state index contributed by atoms with van der Waals surface area (Å²) in [5.74, 6) is -1.73. The van der Waals surface area contributed by atoms with E-state index in [0.717, 1.165) is 0 Å². The van der Waals surface area contributed by atoms with Crippen LogP contribution in [0.25, 0.3) is 0 Å². The number of nitro groups is 1. The maximum Gasteiger partial charge on any atom is 0.328 e. The first-order valence-corrected chi connectivity index (χ1v) is 7.17. The lowest BCUT2D eigenvalue weighted by atomic mass is 10.3. The number of aliphatic carboxylic acids is 1. The molecular formula is C14H20N4O6. The Bertz CT molecular complexity index is 639. The van der Waals surface area contributed by atoms with Crippen molar-refractivity contribution >= 4 is 17.6 Å². The maximum atomic E-state index is 11.9. The van der Waals surface area contributed by atoms with Crippen LogP contribution < -0.4 is 5.32 Å². The highest BCUT2D eigenvalue weighted by Gasteiger charge is 2.23. The molecule has 0 bridgehead atoms. The minimum absolute atomic E-state index is 0.0651. The van der Waals surface area contributed by atoms with E-state index in [-0.39, 0.29) is 37.6 Å². The van der Waals surface area contributed by atoms with Gasteiger partial charge in [0.15, 0.2) is 6.04 Å². The fraction of sp³-hybridized carbons (Fsp3) is 0.500. The van der Waals surface area contributed by atoms with Crippen LogP contribution in [0.1, 0.15) is 17.8 Å². The van der Waals surface area contributed by atoms with Gasteiger partial charge in [0.1, 0.15) is 11.4 Å². The summed E-state index contributed by atoms with van der Waals surface area (Å²) in [6, 6.07) is -1.17. The third kappa shape index (κ3) is 5.16. The molecule has 1 atom stereocenters. The second-order valence-electron chi connectivity index (χ2n) is 5.03. The zero-order valence-electron chi connectivity index (χ0n) is 13.5. The first-order chi connectivity index (χ1) is 11.3. The van der Waals surface area contributed by atoms with Gasteiger partial charge in [0.25, 0.3) is 0 Å². The van der Waals surface area contributed by atoms with Crippen molar-refractivity contribution in [3.05, 3.63) is 34.2 Å². The number of carboxylic acids is 1. The molecule has 24 heavy (non-hydrogen) atoms. The zero-order chi connectivity index (χ0) is 18.3. The molecule has 1 heterocycles. The lowest BCUT2D eigenvalue weighted by Crippen LogP contribution is -2.44. The van der Waals surface area contributed by atoms with Gasteiger partial charge < -0.3 is 15.2 Å². The van der Waals surface area contributed by atoms with Crippen molar-refractivity contribution < 1.29 is 24.4 Å². The van der Waals surface area contributed by atoms with Crippen molar-refractivity contribution in [1.82, 2.24) is 15.1 Å². The highest BCUT2D eigenvalue weighted by molar-refractivity contribution is 5.83. The number of ether oxygens (including phenoxy) is 1. The van der Waals surface area contributed by atoms with E-state index < -0.39 is 22.8 Å². The van der Waals surface area contributed by atoms with E-state index >= 15 is 0 Å². The van der Waals surface area contributed by atoms with Crippen molar-refractivity contribution in [3.63, 3.8) is 0 Å². The van der Waals surface area contributed by atoms with Crippen LogP contribution in [0.15, 0.2) is 12.7 Å². The molecule has 1 unspecified atom stereocenters. The molecule has 0 aliphatic heterocycles. The fourth-order valence-corrected chi connectivity index (χ4v) is 2.09. The summed E-state index contributed by atoms with van der Waals surface area (Å²) in [6.45, 7) is 6.59. The van der Waals surface area contributed by atoms with Gasteiger partial charge in [-0.3, -0.25) is 19.6 Å². The molecule has 0 spiro atoms. The van der Waals surface area contributed by atoms with Gasteiger partial charge in [0, 0.05) is 6.42 Å². The summed E-state index contributed by atoms with van der Waals surface area (Å²) >= 11 is 0. The molecule has 1 aromatic rings. The minimum atomic E-state index is -1.21. The van der Waals surface area contributed by atoms with Gasteiger partial charge in [-0.25, -0.2) is 4.79 Å². The van der Waals surface area contributed by atoms with E-state index in [9.17, 15) is 19.7 Å². The Morgan fingerprint density at radius 2 is 2.21 bits per heavy atom. The number of aryl methyl sites for hydroxylation is 2. The number of carboxylic acid groups (broad SMARTS) is 1. The van der Waals surface area contributed by atoms with E-state index in [4.69, 9.17) is 9.84 Å². The second-order valence-corrected chi connectivity index (χ2v) is 5.03. The zero-order valence-corrected chi connectivity index (χ0v) is 13.5. The van der Waals surface area contributed by atoms with E-state index in [1.165, 1.54) is 17.7 Å². The summed E-state index contributed by atoms with van der Waals surface area (Å²) < 4.78 is 6.39. The molecule has 0 aliphatic rings. The van der Waals surface area contributed by atoms with Crippen LogP contribution in [0.5, 0.6) is 0 Å². The normalized spacial score (nSPS) is 11.8. The van der Waals surface area contributed by atoms with Crippen LogP contribution in [0.2, 0.25) is 0 Å². The lowest BCUT2D eigenvalue weighted by molar-refractivity contribution is -0.386. The predicted octanol–water partition coefficient (Wildman–Crippen LogP) is 0.570. The Balaban J connectivity index is 2.62. The number of carbonyl (C=O) groups is 2. The van der Waals surface area contributed by atoms with Crippen LogP contribution in [-0.2, 0) is 20.9 Å². The van der Waals surface area contributed by atoms with Crippen molar-refractivity contribution in [2.75, 3.05) is 13.2 Å². The van der Waals surface area contributed by atoms with Crippen molar-refractivity contribution in [3.8, 4) is 0 Å². The van der Waals surface area contributed by atoms with E-state index in [1.807, 2.05) is 0 Å². The molecule has 2 N–H and O–H groups in total. The number of rotatable bonds is 10. The smallest absolute Gasteiger partial charge is 0.328 e. The van der Waals surface area contributed by atoms with Crippen molar-refractivity contribution in [2.24, 2.45) is 0 Å². The number of aromatic nitrogens is 2. The van der Waals surface area contributed by atoms with Crippen LogP contribution in [-0.4, -0.2) is 50.9 Å². The quantitative estimate of drug-likeness (QED) is 0.275. The molecule has 1 aromatic heterocycles. The highest BCUT2D eigenvalue weighted by Crippen LogP contribution is 2.21. The van der Waals surface area contributed by atoms with Gasteiger partial charge in [0.2, 0.25) is 5.91 Å². The summed E-state index contributed by atoms with van der Waals surface area (Å²) in [4.78, 5) is 33.3. The molecule has 0 aromatic carbocycles. The van der Waals surface area contributed by atoms with Gasteiger partial charge >= 0.3 is 11.7 Å². The molecule has 1 amide bonds. The molecular weight excluding hydrogens is 320 g/mol. The molecule has 1 rings (SSSR count). The molecule has 0 fully saturated rings. The highest BCUT2D eigenvalue weighted by atomic mass is 16.6. The van der Waals surface area contributed by atoms with Gasteiger partial charge in [-0.05, 0) is 13.8 Å².